The molecule has 1 aromatic rings. The second-order valence-corrected chi connectivity index (χ2v) is 5.50. The van der Waals surface area contributed by atoms with Crippen LogP contribution in [0.3, 0.4) is 0 Å². The van der Waals surface area contributed by atoms with Gasteiger partial charge in [-0.15, -0.1) is 0 Å². The topological polar surface area (TPSA) is 96.4 Å². The fourth-order valence-electron chi connectivity index (χ4n) is 1.14. The van der Waals surface area contributed by atoms with Crippen LogP contribution >= 0.6 is 0 Å². The zero-order chi connectivity index (χ0) is 12.9. The Kier molecular flexibility index (Phi) is 4.59. The van der Waals surface area contributed by atoms with E-state index in [9.17, 15) is 13.2 Å². The number of nitrogens with one attached hydrogen (secondary N) is 1. The molecule has 0 bridgehead atoms. The Hall–Kier alpha value is -1.47. The van der Waals surface area contributed by atoms with Gasteiger partial charge in [-0.3, -0.25) is 4.79 Å². The van der Waals surface area contributed by atoms with Crippen molar-refractivity contribution in [2.45, 2.75) is 17.9 Å². The normalized spacial score (nSPS) is 11.2. The number of carbonyl (C=O) groups excluding carboxylic acids is 1. The van der Waals surface area contributed by atoms with Gasteiger partial charge < -0.3 is 10.4 Å². The molecule has 0 radical (unpaired) electrons. The average Bonchev–Trinajstić information content (AvgIpc) is 2.26. The minimum absolute atomic E-state index is 0.0362. The summed E-state index contributed by atoms with van der Waals surface area (Å²) in [6, 6.07) is 2.80. The zero-order valence-electron chi connectivity index (χ0n) is 9.38. The molecule has 0 aliphatic carbocycles. The van der Waals surface area contributed by atoms with Gasteiger partial charge in [-0.2, -0.15) is 0 Å². The predicted octanol–water partition coefficient (Wildman–Crippen LogP) is 0.196. The fraction of sp³-hybridized carbons (Fsp3) is 0.400. The van der Waals surface area contributed by atoms with E-state index in [0.29, 0.717) is 12.1 Å². The van der Waals surface area contributed by atoms with Crippen LogP contribution < -0.4 is 5.32 Å². The van der Waals surface area contributed by atoms with E-state index in [1.165, 1.54) is 18.3 Å². The Morgan fingerprint density at radius 2 is 2.18 bits per heavy atom. The van der Waals surface area contributed by atoms with Crippen molar-refractivity contribution in [3.8, 4) is 0 Å². The molecule has 1 heterocycles. The van der Waals surface area contributed by atoms with Gasteiger partial charge >= 0.3 is 0 Å². The summed E-state index contributed by atoms with van der Waals surface area (Å²) in [4.78, 5) is 15.0. The fourth-order valence-corrected chi connectivity index (χ4v) is 1.70. The molecule has 0 spiro atoms. The molecule has 0 saturated carbocycles. The number of pyridine rings is 1. The van der Waals surface area contributed by atoms with Crippen LogP contribution in [-0.2, 0) is 14.6 Å². The third-order valence-corrected chi connectivity index (χ3v) is 2.96. The largest absolute Gasteiger partial charge is 0.396 e. The summed E-state index contributed by atoms with van der Waals surface area (Å²) in [5, 5.41) is 11.1. The van der Waals surface area contributed by atoms with Crippen LogP contribution in [0.25, 0.3) is 0 Å². The highest BCUT2D eigenvalue weighted by molar-refractivity contribution is 7.90. The van der Waals surface area contributed by atoms with Crippen LogP contribution in [0, 0.1) is 0 Å². The van der Waals surface area contributed by atoms with E-state index in [2.05, 4.69) is 10.3 Å². The lowest BCUT2D eigenvalue weighted by atomic mass is 10.3. The van der Waals surface area contributed by atoms with E-state index < -0.39 is 9.84 Å². The van der Waals surface area contributed by atoms with Gasteiger partial charge in [-0.05, 0) is 18.6 Å². The maximum atomic E-state index is 11.3. The standard InChI is InChI=1S/C10H14N2O4S/c1-17(15,16)10-5-4-8(7-11-10)12-9(14)3-2-6-13/h4-5,7,13H,2-3,6H2,1H3,(H,12,14). The van der Waals surface area contributed by atoms with Gasteiger partial charge in [0.05, 0.1) is 11.9 Å². The van der Waals surface area contributed by atoms with Gasteiger partial charge in [0.25, 0.3) is 0 Å². The Bertz CT molecular complexity index is 482. The molecule has 17 heavy (non-hydrogen) atoms. The SMILES string of the molecule is CS(=O)(=O)c1ccc(NC(=O)CCCO)cn1. The summed E-state index contributed by atoms with van der Waals surface area (Å²) in [7, 11) is -3.32. The van der Waals surface area contributed by atoms with Gasteiger partial charge in [0.1, 0.15) is 0 Å². The Balaban J connectivity index is 2.66. The van der Waals surface area contributed by atoms with Crippen LogP contribution in [0.1, 0.15) is 12.8 Å². The van der Waals surface area contributed by atoms with Crippen LogP contribution in [0.4, 0.5) is 5.69 Å². The Morgan fingerprint density at radius 3 is 2.65 bits per heavy atom. The number of sulfone groups is 1. The Morgan fingerprint density at radius 1 is 1.47 bits per heavy atom. The van der Waals surface area contributed by atoms with E-state index >= 15 is 0 Å². The van der Waals surface area contributed by atoms with E-state index in [-0.39, 0.29) is 24.0 Å². The number of carbonyl (C=O) groups is 1. The van der Waals surface area contributed by atoms with Gasteiger partial charge in [0.15, 0.2) is 14.9 Å². The number of rotatable bonds is 5. The number of hydrogen-bond acceptors (Lipinski definition) is 5. The van der Waals surface area contributed by atoms with E-state index in [1.807, 2.05) is 0 Å². The van der Waals surface area contributed by atoms with Crippen molar-refractivity contribution in [3.63, 3.8) is 0 Å². The third kappa shape index (κ3) is 4.49. The van der Waals surface area contributed by atoms with Gasteiger partial charge in [-0.25, -0.2) is 13.4 Å². The quantitative estimate of drug-likeness (QED) is 0.786. The number of aliphatic hydroxyl groups is 1. The molecule has 2 N–H and O–H groups in total. The molecule has 0 atom stereocenters. The summed E-state index contributed by atoms with van der Waals surface area (Å²) in [5.41, 5.74) is 0.431. The maximum Gasteiger partial charge on any atom is 0.224 e. The van der Waals surface area contributed by atoms with Crippen molar-refractivity contribution in [3.05, 3.63) is 18.3 Å². The molecule has 6 nitrogen and oxygen atoms in total. The molecule has 0 aliphatic heterocycles. The van der Waals surface area contributed by atoms with E-state index in [0.717, 1.165) is 6.26 Å². The second kappa shape index (κ2) is 5.74. The van der Waals surface area contributed by atoms with Gasteiger partial charge in [0.2, 0.25) is 5.91 Å². The summed E-state index contributed by atoms with van der Waals surface area (Å²) in [6.07, 6.45) is 2.95. The lowest BCUT2D eigenvalue weighted by Crippen LogP contribution is -2.12. The van der Waals surface area contributed by atoms with Crippen molar-refractivity contribution >= 4 is 21.4 Å². The minimum atomic E-state index is -3.32. The number of nitrogens with zero attached hydrogens (tertiary/aromatic N) is 1. The molecule has 0 fully saturated rings. The van der Waals surface area contributed by atoms with Gasteiger partial charge in [-0.1, -0.05) is 0 Å². The molecular formula is C10H14N2O4S. The van der Waals surface area contributed by atoms with Crippen molar-refractivity contribution in [2.24, 2.45) is 0 Å². The molecule has 1 rings (SSSR count). The Labute approximate surface area is 99.6 Å². The van der Waals surface area contributed by atoms with Crippen molar-refractivity contribution < 1.29 is 18.3 Å². The summed E-state index contributed by atoms with van der Waals surface area (Å²) < 4.78 is 22.3. The molecule has 0 saturated heterocycles. The summed E-state index contributed by atoms with van der Waals surface area (Å²) in [6.45, 7) is -0.0430. The second-order valence-electron chi connectivity index (χ2n) is 3.53. The number of amides is 1. The molecule has 0 aromatic carbocycles. The average molecular weight is 258 g/mol. The number of aromatic nitrogens is 1. The van der Waals surface area contributed by atoms with Crippen molar-refractivity contribution in [2.75, 3.05) is 18.2 Å². The first-order valence-electron chi connectivity index (χ1n) is 5.00. The molecule has 1 amide bonds. The predicted molar refractivity (Wildman–Crippen MR) is 62.3 cm³/mol. The summed E-state index contributed by atoms with van der Waals surface area (Å²) >= 11 is 0. The van der Waals surface area contributed by atoms with E-state index in [1.54, 1.807) is 0 Å². The van der Waals surface area contributed by atoms with Crippen molar-refractivity contribution in [1.82, 2.24) is 4.98 Å². The highest BCUT2D eigenvalue weighted by atomic mass is 32.2. The monoisotopic (exact) mass is 258 g/mol. The first kappa shape index (κ1) is 13.6. The lowest BCUT2D eigenvalue weighted by molar-refractivity contribution is -0.116. The van der Waals surface area contributed by atoms with Crippen LogP contribution in [-0.4, -0.2) is 37.3 Å². The highest BCUT2D eigenvalue weighted by Gasteiger charge is 2.08. The smallest absolute Gasteiger partial charge is 0.224 e. The molecule has 7 heteroatoms. The van der Waals surface area contributed by atoms with Gasteiger partial charge in [0, 0.05) is 19.3 Å². The molecule has 1 aromatic heterocycles. The van der Waals surface area contributed by atoms with Crippen molar-refractivity contribution in [1.29, 1.82) is 0 Å². The zero-order valence-corrected chi connectivity index (χ0v) is 10.2. The summed E-state index contributed by atoms with van der Waals surface area (Å²) in [5.74, 6) is -0.243. The lowest BCUT2D eigenvalue weighted by Gasteiger charge is -2.04. The number of anilines is 1. The number of hydrogen-bond donors (Lipinski definition) is 2. The van der Waals surface area contributed by atoms with Crippen LogP contribution in [0.2, 0.25) is 0 Å². The van der Waals surface area contributed by atoms with Crippen LogP contribution in [0.5, 0.6) is 0 Å². The molecule has 0 aliphatic rings. The van der Waals surface area contributed by atoms with E-state index in [4.69, 9.17) is 5.11 Å². The highest BCUT2D eigenvalue weighted by Crippen LogP contribution is 2.10. The molecule has 94 valence electrons. The third-order valence-electron chi connectivity index (χ3n) is 1.96. The first-order valence-corrected chi connectivity index (χ1v) is 6.89. The van der Waals surface area contributed by atoms with Crippen LogP contribution in [0.15, 0.2) is 23.4 Å². The minimum Gasteiger partial charge on any atom is -0.396 e. The number of aliphatic hydroxyl groups excluding tert-OH is 1. The molecular weight excluding hydrogens is 244 g/mol. The maximum absolute atomic E-state index is 11.3. The first-order chi connectivity index (χ1) is 7.93. The molecule has 0 unspecified atom stereocenters.